The summed E-state index contributed by atoms with van der Waals surface area (Å²) in [6.07, 6.45) is 11.0. The number of aromatic nitrogens is 3. The van der Waals surface area contributed by atoms with E-state index >= 15 is 0 Å². The lowest BCUT2D eigenvalue weighted by Crippen LogP contribution is -2.39. The van der Waals surface area contributed by atoms with Gasteiger partial charge >= 0.3 is 0 Å². The number of rotatable bonds is 3. The van der Waals surface area contributed by atoms with Crippen LogP contribution in [0.15, 0.2) is 30.7 Å². The van der Waals surface area contributed by atoms with Crippen LogP contribution in [0.25, 0.3) is 0 Å². The van der Waals surface area contributed by atoms with E-state index in [-0.39, 0.29) is 17.9 Å². The first-order valence-electron chi connectivity index (χ1n) is 10.5. The maximum atomic E-state index is 13.0. The molecule has 2 aliphatic rings. The summed E-state index contributed by atoms with van der Waals surface area (Å²) < 4.78 is 0. The largest absolute Gasteiger partial charge is 0.339 e. The Hall–Kier alpha value is -2.83. The lowest BCUT2D eigenvalue weighted by molar-refractivity contribution is 0.0597. The molecule has 0 radical (unpaired) electrons. The van der Waals surface area contributed by atoms with Crippen molar-refractivity contribution in [1.29, 1.82) is 0 Å². The summed E-state index contributed by atoms with van der Waals surface area (Å²) in [5, 5.41) is 0. The van der Waals surface area contributed by atoms with Crippen molar-refractivity contribution >= 4 is 11.8 Å². The van der Waals surface area contributed by atoms with Gasteiger partial charge in [0.1, 0.15) is 0 Å². The van der Waals surface area contributed by atoms with Gasteiger partial charge in [-0.05, 0) is 57.6 Å². The normalized spacial score (nSPS) is 19.8. The van der Waals surface area contributed by atoms with Crippen LogP contribution < -0.4 is 0 Å². The molecule has 0 aromatic carbocycles. The lowest BCUT2D eigenvalue weighted by Gasteiger charge is -2.35. The number of aryl methyl sites for hydroxylation is 1. The van der Waals surface area contributed by atoms with Crippen molar-refractivity contribution in [2.24, 2.45) is 0 Å². The van der Waals surface area contributed by atoms with E-state index in [1.54, 1.807) is 30.7 Å². The summed E-state index contributed by atoms with van der Waals surface area (Å²) in [7, 11) is 0. The molecule has 0 N–H and O–H groups in total. The topological polar surface area (TPSA) is 79.3 Å². The van der Waals surface area contributed by atoms with Crippen molar-refractivity contribution in [3.8, 4) is 0 Å². The predicted octanol–water partition coefficient (Wildman–Crippen LogP) is 3.17. The molecule has 0 saturated carbocycles. The molecule has 4 heterocycles. The van der Waals surface area contributed by atoms with Gasteiger partial charge in [-0.1, -0.05) is 0 Å². The smallest absolute Gasteiger partial charge is 0.257 e. The van der Waals surface area contributed by atoms with E-state index < -0.39 is 0 Å². The third kappa shape index (κ3) is 4.13. The second-order valence-corrected chi connectivity index (χ2v) is 7.83. The van der Waals surface area contributed by atoms with E-state index in [1.807, 2.05) is 16.7 Å². The van der Waals surface area contributed by atoms with Crippen molar-refractivity contribution in [3.63, 3.8) is 0 Å². The Morgan fingerprint density at radius 1 is 0.966 bits per heavy atom. The molecule has 7 nitrogen and oxygen atoms in total. The van der Waals surface area contributed by atoms with Gasteiger partial charge in [0.15, 0.2) is 5.82 Å². The molecule has 2 aliphatic heterocycles. The van der Waals surface area contributed by atoms with Gasteiger partial charge in [-0.2, -0.15) is 0 Å². The van der Waals surface area contributed by atoms with E-state index in [4.69, 9.17) is 0 Å². The number of pyridine rings is 1. The van der Waals surface area contributed by atoms with Crippen LogP contribution >= 0.6 is 0 Å². The zero-order valence-electron chi connectivity index (χ0n) is 16.9. The number of carbonyl (C=O) groups is 2. The van der Waals surface area contributed by atoms with E-state index in [1.165, 1.54) is 6.42 Å². The van der Waals surface area contributed by atoms with Gasteiger partial charge in [0, 0.05) is 43.8 Å². The van der Waals surface area contributed by atoms with Gasteiger partial charge in [0.2, 0.25) is 0 Å². The molecule has 2 aromatic heterocycles. The maximum absolute atomic E-state index is 13.0. The minimum atomic E-state index is -0.165. The summed E-state index contributed by atoms with van der Waals surface area (Å²) in [4.78, 5) is 42.8. The van der Waals surface area contributed by atoms with Crippen molar-refractivity contribution in [2.75, 3.05) is 19.6 Å². The highest BCUT2D eigenvalue weighted by atomic mass is 16.2. The highest BCUT2D eigenvalue weighted by Gasteiger charge is 2.31. The van der Waals surface area contributed by atoms with Crippen LogP contribution in [0.2, 0.25) is 0 Å². The summed E-state index contributed by atoms with van der Waals surface area (Å²) in [6, 6.07) is 3.31. The summed E-state index contributed by atoms with van der Waals surface area (Å²) in [5.41, 5.74) is 1.88. The number of likely N-dealkylation sites (tertiary alicyclic amines) is 2. The average molecular weight is 393 g/mol. The van der Waals surface area contributed by atoms with E-state index in [0.29, 0.717) is 29.2 Å². The highest BCUT2D eigenvalue weighted by Crippen LogP contribution is 2.30. The molecule has 4 rings (SSSR count). The summed E-state index contributed by atoms with van der Waals surface area (Å²) in [5.74, 6) is 0.619. The van der Waals surface area contributed by atoms with Gasteiger partial charge in [-0.25, -0.2) is 9.97 Å². The molecule has 2 aromatic rings. The summed E-state index contributed by atoms with van der Waals surface area (Å²) in [6.45, 7) is 4.15. The molecule has 0 bridgehead atoms. The minimum Gasteiger partial charge on any atom is -0.339 e. The van der Waals surface area contributed by atoms with Crippen LogP contribution in [-0.2, 0) is 0 Å². The Morgan fingerprint density at radius 3 is 2.41 bits per heavy atom. The van der Waals surface area contributed by atoms with Crippen LogP contribution in [0.4, 0.5) is 0 Å². The molecule has 1 atom stereocenters. The van der Waals surface area contributed by atoms with Crippen molar-refractivity contribution in [2.45, 2.75) is 51.5 Å². The van der Waals surface area contributed by atoms with Crippen LogP contribution in [0.5, 0.6) is 0 Å². The van der Waals surface area contributed by atoms with Crippen molar-refractivity contribution in [3.05, 3.63) is 53.4 Å². The van der Waals surface area contributed by atoms with E-state index in [0.717, 1.165) is 45.2 Å². The third-order valence-corrected chi connectivity index (χ3v) is 5.86. The van der Waals surface area contributed by atoms with E-state index in [2.05, 4.69) is 15.0 Å². The molecular weight excluding hydrogens is 366 g/mol. The Balaban J connectivity index is 1.57. The molecule has 0 aliphatic carbocycles. The second-order valence-electron chi connectivity index (χ2n) is 7.83. The molecule has 1 unspecified atom stereocenters. The first-order chi connectivity index (χ1) is 14.1. The number of amides is 2. The first-order valence-corrected chi connectivity index (χ1v) is 10.5. The molecule has 7 heteroatoms. The van der Waals surface area contributed by atoms with Crippen LogP contribution in [0.1, 0.15) is 76.8 Å². The zero-order valence-corrected chi connectivity index (χ0v) is 16.9. The highest BCUT2D eigenvalue weighted by molar-refractivity contribution is 5.95. The van der Waals surface area contributed by atoms with Gasteiger partial charge in [-0.15, -0.1) is 0 Å². The number of carbonyl (C=O) groups excluding carboxylic acids is 2. The molecule has 2 saturated heterocycles. The third-order valence-electron chi connectivity index (χ3n) is 5.86. The average Bonchev–Trinajstić information content (AvgIpc) is 2.79. The molecular formula is C22H27N5O2. The zero-order chi connectivity index (χ0) is 20.2. The van der Waals surface area contributed by atoms with Gasteiger partial charge in [-0.3, -0.25) is 14.6 Å². The Labute approximate surface area is 171 Å². The quantitative estimate of drug-likeness (QED) is 0.800. The van der Waals surface area contributed by atoms with Crippen molar-refractivity contribution < 1.29 is 9.59 Å². The van der Waals surface area contributed by atoms with Crippen LogP contribution in [0, 0.1) is 6.92 Å². The SMILES string of the molecule is Cc1nc(C2CCCCN2C(=O)c2ccncc2)ncc1C(=O)N1CCCCC1. The molecule has 2 fully saturated rings. The van der Waals surface area contributed by atoms with Gasteiger partial charge < -0.3 is 9.80 Å². The number of hydrogen-bond acceptors (Lipinski definition) is 5. The monoisotopic (exact) mass is 393 g/mol. The Morgan fingerprint density at radius 2 is 1.69 bits per heavy atom. The van der Waals surface area contributed by atoms with Crippen molar-refractivity contribution in [1.82, 2.24) is 24.8 Å². The lowest BCUT2D eigenvalue weighted by atomic mass is 10.00. The maximum Gasteiger partial charge on any atom is 0.257 e. The fourth-order valence-electron chi connectivity index (χ4n) is 4.23. The predicted molar refractivity (Wildman–Crippen MR) is 108 cm³/mol. The van der Waals surface area contributed by atoms with Crippen LogP contribution in [-0.4, -0.2) is 56.2 Å². The first kappa shape index (κ1) is 19.5. The Bertz CT molecular complexity index is 880. The van der Waals surface area contributed by atoms with E-state index in [9.17, 15) is 9.59 Å². The standard InChI is InChI=1S/C22H27N5O2/c1-16-18(22(29)26-12-4-2-5-13-26)15-24-20(25-16)19-7-3-6-14-27(19)21(28)17-8-10-23-11-9-17/h8-11,15,19H,2-7,12-14H2,1H3. The number of nitrogens with zero attached hydrogens (tertiary/aromatic N) is 5. The fourth-order valence-corrected chi connectivity index (χ4v) is 4.23. The van der Waals surface area contributed by atoms with Crippen LogP contribution in [0.3, 0.4) is 0 Å². The molecule has 0 spiro atoms. The Kier molecular flexibility index (Phi) is 5.83. The van der Waals surface area contributed by atoms with Gasteiger partial charge in [0.05, 0.1) is 17.3 Å². The minimum absolute atomic E-state index is 0.0158. The van der Waals surface area contributed by atoms with Gasteiger partial charge in [0.25, 0.3) is 11.8 Å². The summed E-state index contributed by atoms with van der Waals surface area (Å²) >= 11 is 0. The fraction of sp³-hybridized carbons (Fsp3) is 0.500. The molecule has 152 valence electrons. The number of hydrogen-bond donors (Lipinski definition) is 0. The molecule has 2 amide bonds. The second kappa shape index (κ2) is 8.68. The number of piperidine rings is 2. The molecule has 29 heavy (non-hydrogen) atoms.